The van der Waals surface area contributed by atoms with E-state index >= 15 is 0 Å². The first kappa shape index (κ1) is 23.7. The average molecular weight is 504 g/mol. The quantitative estimate of drug-likeness (QED) is 0.169. The van der Waals surface area contributed by atoms with Gasteiger partial charge in [-0.1, -0.05) is 83.5 Å². The molecule has 0 fully saturated rings. The van der Waals surface area contributed by atoms with Crippen LogP contribution in [0.5, 0.6) is 11.5 Å². The summed E-state index contributed by atoms with van der Waals surface area (Å²) in [6.07, 6.45) is 2.42. The molecule has 0 saturated heterocycles. The maximum absolute atomic E-state index is 9.00. The molecule has 1 aliphatic heterocycles. The van der Waals surface area contributed by atoms with E-state index < -0.39 is 0 Å². The number of ether oxygens (including phenoxy) is 1. The van der Waals surface area contributed by atoms with Crippen LogP contribution in [0.25, 0.3) is 43.6 Å². The smallest absolute Gasteiger partial charge is 0.228 e. The zero-order valence-corrected chi connectivity index (χ0v) is 24.4. The Labute approximate surface area is 228 Å². The molecule has 0 amide bonds. The minimum Gasteiger partial charge on any atom is -0.455 e. The fourth-order valence-electron chi connectivity index (χ4n) is 6.36. The third-order valence-electron chi connectivity index (χ3n) is 7.85. The Morgan fingerprint density at radius 2 is 1.50 bits per heavy atom. The molecule has 4 aromatic carbocycles. The van der Waals surface area contributed by atoms with Crippen LogP contribution >= 0.6 is 0 Å². The first-order valence-corrected chi connectivity index (χ1v) is 13.8. The fraction of sp³-hybridized carbons (Fsp3) is 0.361. The number of pyridine rings is 1. The molecule has 38 heavy (non-hydrogen) atoms. The van der Waals surface area contributed by atoms with E-state index in [2.05, 4.69) is 97.9 Å². The molecule has 1 aliphatic rings. The van der Waals surface area contributed by atoms with Crippen molar-refractivity contribution >= 4 is 32.3 Å². The summed E-state index contributed by atoms with van der Waals surface area (Å²) < 4.78 is 18.1. The van der Waals surface area contributed by atoms with Gasteiger partial charge in [0.1, 0.15) is 19.9 Å². The van der Waals surface area contributed by atoms with Crippen LogP contribution in [0.15, 0.2) is 54.7 Å². The van der Waals surface area contributed by atoms with E-state index in [-0.39, 0.29) is 10.8 Å². The standard InChI is InChI=1S/C36H40NO/c1-21-10-12-26-28(16-21)22(2)31-33-32-27(14-15-37(33)9)25-13-11-23(19-35(3,4)5)17-24(25)18-30(32)38-34(31)29(26)20-36(6,7)8/h10-18H,19-20H2,1-9H3/q+1/i15D. The van der Waals surface area contributed by atoms with Crippen LogP contribution in [0.3, 0.4) is 0 Å². The van der Waals surface area contributed by atoms with Crippen LogP contribution in [-0.2, 0) is 19.9 Å². The second-order valence-corrected chi connectivity index (χ2v) is 13.8. The number of nitrogens with zero attached hydrogens (tertiary/aromatic N) is 1. The summed E-state index contributed by atoms with van der Waals surface area (Å²) in [5, 5.41) is 7.09. The van der Waals surface area contributed by atoms with E-state index in [1.807, 2.05) is 17.7 Å². The lowest BCUT2D eigenvalue weighted by Crippen LogP contribution is -2.32. The number of aryl methyl sites for hydroxylation is 2. The molecule has 2 heterocycles. The summed E-state index contributed by atoms with van der Waals surface area (Å²) in [4.78, 5) is 0. The third-order valence-corrected chi connectivity index (χ3v) is 7.85. The predicted molar refractivity (Wildman–Crippen MR) is 161 cm³/mol. The average Bonchev–Trinajstić information content (AvgIpc) is 2.82. The highest BCUT2D eigenvalue weighted by Crippen LogP contribution is 2.52. The van der Waals surface area contributed by atoms with E-state index in [1.165, 1.54) is 43.8 Å². The summed E-state index contributed by atoms with van der Waals surface area (Å²) in [6, 6.07) is 17.9. The summed E-state index contributed by atoms with van der Waals surface area (Å²) in [5.41, 5.74) is 7.58. The van der Waals surface area contributed by atoms with Gasteiger partial charge < -0.3 is 4.74 Å². The number of fused-ring (bicyclic) bond motifs is 5. The number of aromatic nitrogens is 1. The van der Waals surface area contributed by atoms with Crippen molar-refractivity contribution in [2.75, 3.05) is 0 Å². The lowest BCUT2D eigenvalue weighted by molar-refractivity contribution is -0.659. The van der Waals surface area contributed by atoms with Gasteiger partial charge in [0.05, 0.1) is 10.9 Å². The summed E-state index contributed by atoms with van der Waals surface area (Å²) in [6.45, 7) is 18.1. The van der Waals surface area contributed by atoms with E-state index in [4.69, 9.17) is 6.11 Å². The Balaban J connectivity index is 1.75. The summed E-state index contributed by atoms with van der Waals surface area (Å²) >= 11 is 0. The minimum atomic E-state index is 0.0878. The van der Waals surface area contributed by atoms with Crippen LogP contribution in [-0.4, -0.2) is 0 Å². The highest BCUT2D eigenvalue weighted by Gasteiger charge is 2.34. The molecule has 0 unspecified atom stereocenters. The Bertz CT molecular complexity index is 1830. The first-order chi connectivity index (χ1) is 18.2. The molecule has 6 rings (SSSR count). The van der Waals surface area contributed by atoms with Crippen molar-refractivity contribution < 1.29 is 10.7 Å². The highest BCUT2D eigenvalue weighted by molar-refractivity contribution is 6.16. The lowest BCUT2D eigenvalue weighted by atomic mass is 9.81. The molecule has 2 nitrogen and oxygen atoms in total. The highest BCUT2D eigenvalue weighted by atomic mass is 16.5. The molecule has 2 heteroatoms. The Morgan fingerprint density at radius 1 is 0.789 bits per heavy atom. The molecule has 0 aliphatic carbocycles. The van der Waals surface area contributed by atoms with Gasteiger partial charge in [-0.15, -0.1) is 0 Å². The molecule has 5 aromatic rings. The van der Waals surface area contributed by atoms with E-state index in [0.717, 1.165) is 46.4 Å². The van der Waals surface area contributed by atoms with Gasteiger partial charge in [-0.3, -0.25) is 0 Å². The first-order valence-electron chi connectivity index (χ1n) is 14.3. The van der Waals surface area contributed by atoms with Gasteiger partial charge >= 0.3 is 0 Å². The van der Waals surface area contributed by atoms with Crippen molar-refractivity contribution in [3.05, 3.63) is 77.0 Å². The van der Waals surface area contributed by atoms with Gasteiger partial charge in [0.15, 0.2) is 6.17 Å². The van der Waals surface area contributed by atoms with E-state index in [0.29, 0.717) is 6.17 Å². The van der Waals surface area contributed by atoms with Crippen molar-refractivity contribution in [2.24, 2.45) is 17.9 Å². The number of hydrogen-bond acceptors (Lipinski definition) is 1. The molecular formula is C36H40NO+. The van der Waals surface area contributed by atoms with Crippen LogP contribution in [0.4, 0.5) is 0 Å². The number of rotatable bonds is 2. The second-order valence-electron chi connectivity index (χ2n) is 13.8. The van der Waals surface area contributed by atoms with Crippen LogP contribution in [0, 0.1) is 24.7 Å². The molecular weight excluding hydrogens is 462 g/mol. The van der Waals surface area contributed by atoms with E-state index in [1.54, 1.807) is 0 Å². The SMILES string of the molecule is [2H]c1cc2c3c(cc4cc(CC(C)(C)C)ccc42)Oc2c(c(C)c4cc(C)ccc4c2CC(C)(C)C)-c3[n+]1C. The Morgan fingerprint density at radius 3 is 2.21 bits per heavy atom. The third kappa shape index (κ3) is 4.06. The minimum absolute atomic E-state index is 0.0878. The van der Waals surface area contributed by atoms with Gasteiger partial charge in [-0.2, -0.15) is 0 Å². The summed E-state index contributed by atoms with van der Waals surface area (Å²) in [5.74, 6) is 1.85. The summed E-state index contributed by atoms with van der Waals surface area (Å²) in [7, 11) is 2.02. The molecule has 0 bridgehead atoms. The van der Waals surface area contributed by atoms with Gasteiger partial charge in [0, 0.05) is 17.0 Å². The normalized spacial score (nSPS) is 13.7. The van der Waals surface area contributed by atoms with E-state index in [9.17, 15) is 0 Å². The van der Waals surface area contributed by atoms with Crippen molar-refractivity contribution in [1.29, 1.82) is 0 Å². The van der Waals surface area contributed by atoms with Gasteiger partial charge in [-0.05, 0) is 76.3 Å². The van der Waals surface area contributed by atoms with Crippen molar-refractivity contribution in [3.8, 4) is 22.8 Å². The Kier molecular flexibility index (Phi) is 5.18. The molecule has 194 valence electrons. The topological polar surface area (TPSA) is 13.1 Å². The largest absolute Gasteiger partial charge is 0.455 e. The zero-order valence-electron chi connectivity index (χ0n) is 25.4. The second kappa shape index (κ2) is 8.30. The predicted octanol–water partition coefficient (Wildman–Crippen LogP) is 9.54. The lowest BCUT2D eigenvalue weighted by Gasteiger charge is -2.28. The van der Waals surface area contributed by atoms with Crippen molar-refractivity contribution in [2.45, 2.75) is 68.2 Å². The Hall–Kier alpha value is -3.39. The molecule has 0 radical (unpaired) electrons. The maximum atomic E-state index is 9.00. The number of hydrogen-bond donors (Lipinski definition) is 0. The zero-order chi connectivity index (χ0) is 28.0. The van der Waals surface area contributed by atoms with Gasteiger partial charge in [0.25, 0.3) is 0 Å². The van der Waals surface area contributed by atoms with Gasteiger partial charge in [-0.25, -0.2) is 4.57 Å². The van der Waals surface area contributed by atoms with Crippen molar-refractivity contribution in [3.63, 3.8) is 0 Å². The van der Waals surface area contributed by atoms with Crippen LogP contribution in [0.1, 0.15) is 65.2 Å². The monoisotopic (exact) mass is 503 g/mol. The maximum Gasteiger partial charge on any atom is 0.228 e. The molecule has 0 N–H and O–H groups in total. The molecule has 0 atom stereocenters. The fourth-order valence-corrected chi connectivity index (χ4v) is 6.36. The molecule has 1 aromatic heterocycles. The van der Waals surface area contributed by atoms with Crippen LogP contribution < -0.4 is 9.30 Å². The van der Waals surface area contributed by atoms with Crippen LogP contribution in [0.2, 0.25) is 0 Å². The van der Waals surface area contributed by atoms with Crippen molar-refractivity contribution in [1.82, 2.24) is 0 Å². The molecule has 0 spiro atoms. The molecule has 0 saturated carbocycles. The number of benzene rings is 4. The van der Waals surface area contributed by atoms with Gasteiger partial charge in [0.2, 0.25) is 5.69 Å².